The Hall–Kier alpha value is -3.52. The van der Waals surface area contributed by atoms with Crippen LogP contribution in [0, 0.1) is 28.9 Å². The van der Waals surface area contributed by atoms with E-state index in [-0.39, 0.29) is 11.9 Å². The maximum atomic E-state index is 15.0. The van der Waals surface area contributed by atoms with E-state index in [1.807, 2.05) is 40.5 Å². The predicted molar refractivity (Wildman–Crippen MR) is 158 cm³/mol. The fraction of sp³-hybridized carbons (Fsp3) is 0.387. The monoisotopic (exact) mass is 579 g/mol. The van der Waals surface area contributed by atoms with E-state index in [9.17, 15) is 13.7 Å². The molecule has 0 saturated carbocycles. The van der Waals surface area contributed by atoms with E-state index in [1.165, 1.54) is 18.3 Å². The molecule has 3 unspecified atom stereocenters. The zero-order valence-electron chi connectivity index (χ0n) is 23.3. The fourth-order valence-corrected chi connectivity index (χ4v) is 7.48. The summed E-state index contributed by atoms with van der Waals surface area (Å²) >= 11 is 0. The van der Waals surface area contributed by atoms with Gasteiger partial charge in [0.2, 0.25) is 5.91 Å². The first-order valence-corrected chi connectivity index (χ1v) is 16.1. The number of aromatic nitrogens is 1. The number of hydrogen-bond acceptors (Lipinski definition) is 6. The number of hydrogen-bond donors (Lipinski definition) is 1. The summed E-state index contributed by atoms with van der Waals surface area (Å²) in [5.74, 6) is -1.89. The quantitative estimate of drug-likeness (QED) is 0.426. The van der Waals surface area contributed by atoms with Crippen LogP contribution in [-0.2, 0) is 4.79 Å². The van der Waals surface area contributed by atoms with E-state index >= 15 is 4.39 Å². The Morgan fingerprint density at radius 1 is 1.05 bits per heavy atom. The SMILES string of the molecule is CS(C)(O)N1CCN(C(=O)C2CN(c3ccc(C#N)cn3)CC2c2ccc(F)cc2F)CCCC1c1ccccc1. The Bertz CT molecular complexity index is 1410. The number of benzene rings is 2. The third kappa shape index (κ3) is 6.38. The molecule has 3 aromatic rings. The van der Waals surface area contributed by atoms with Gasteiger partial charge < -0.3 is 14.4 Å². The normalized spacial score (nSPS) is 22.6. The molecule has 0 radical (unpaired) electrons. The molecule has 1 amide bonds. The fourth-order valence-electron chi connectivity index (χ4n) is 6.10. The van der Waals surface area contributed by atoms with Gasteiger partial charge in [0.25, 0.3) is 0 Å². The molecule has 1 aromatic heterocycles. The van der Waals surface area contributed by atoms with Crippen molar-refractivity contribution in [3.8, 4) is 6.07 Å². The summed E-state index contributed by atoms with van der Waals surface area (Å²) in [4.78, 5) is 22.3. The molecule has 41 heavy (non-hydrogen) atoms. The number of carbonyl (C=O) groups excluding carboxylic acids is 1. The molecule has 216 valence electrons. The van der Waals surface area contributed by atoms with Gasteiger partial charge in [-0.05, 0) is 54.7 Å². The molecule has 1 N–H and O–H groups in total. The third-order valence-corrected chi connectivity index (χ3v) is 9.70. The van der Waals surface area contributed by atoms with Crippen molar-refractivity contribution in [2.45, 2.75) is 24.8 Å². The van der Waals surface area contributed by atoms with Gasteiger partial charge in [0.1, 0.15) is 23.5 Å². The number of nitrogens with zero attached hydrogens (tertiary/aromatic N) is 5. The Morgan fingerprint density at radius 3 is 2.49 bits per heavy atom. The van der Waals surface area contributed by atoms with Gasteiger partial charge in [0.15, 0.2) is 0 Å². The van der Waals surface area contributed by atoms with Crippen molar-refractivity contribution in [2.24, 2.45) is 5.92 Å². The smallest absolute Gasteiger partial charge is 0.228 e. The molecule has 2 aliphatic rings. The van der Waals surface area contributed by atoms with Gasteiger partial charge in [-0.3, -0.25) is 4.79 Å². The van der Waals surface area contributed by atoms with Crippen LogP contribution >= 0.6 is 10.5 Å². The second kappa shape index (κ2) is 12.1. The van der Waals surface area contributed by atoms with Gasteiger partial charge in [-0.25, -0.2) is 18.1 Å². The average molecular weight is 580 g/mol. The van der Waals surface area contributed by atoms with Crippen molar-refractivity contribution >= 4 is 22.2 Å². The maximum Gasteiger partial charge on any atom is 0.228 e. The van der Waals surface area contributed by atoms with Gasteiger partial charge >= 0.3 is 0 Å². The highest BCUT2D eigenvalue weighted by molar-refractivity contribution is 8.26. The van der Waals surface area contributed by atoms with Crippen LogP contribution in [0.5, 0.6) is 0 Å². The Morgan fingerprint density at radius 2 is 1.83 bits per heavy atom. The molecule has 2 aliphatic heterocycles. The third-order valence-electron chi connectivity index (χ3n) is 8.11. The topological polar surface area (TPSA) is 83.7 Å². The molecular weight excluding hydrogens is 544 g/mol. The molecule has 5 rings (SSSR count). The second-order valence-electron chi connectivity index (χ2n) is 11.1. The summed E-state index contributed by atoms with van der Waals surface area (Å²) in [6.45, 7) is 2.16. The molecule has 0 spiro atoms. The van der Waals surface area contributed by atoms with Gasteiger partial charge in [0.05, 0.1) is 11.5 Å². The molecule has 7 nitrogen and oxygen atoms in total. The summed E-state index contributed by atoms with van der Waals surface area (Å²) in [6.07, 6.45) is 6.72. The van der Waals surface area contributed by atoms with E-state index in [2.05, 4.69) is 27.5 Å². The first-order valence-electron chi connectivity index (χ1n) is 13.8. The van der Waals surface area contributed by atoms with Gasteiger partial charge in [0, 0.05) is 56.9 Å². The van der Waals surface area contributed by atoms with Crippen LogP contribution in [0.15, 0.2) is 66.9 Å². The van der Waals surface area contributed by atoms with E-state index in [4.69, 9.17) is 5.26 Å². The van der Waals surface area contributed by atoms with Crippen LogP contribution < -0.4 is 4.90 Å². The molecule has 0 aliphatic carbocycles. The predicted octanol–water partition coefficient (Wildman–Crippen LogP) is 5.57. The minimum Gasteiger partial charge on any atom is -0.355 e. The number of nitriles is 1. The summed E-state index contributed by atoms with van der Waals surface area (Å²) in [5, 5.41) is 9.15. The molecule has 2 aromatic carbocycles. The van der Waals surface area contributed by atoms with Crippen LogP contribution in [0.3, 0.4) is 0 Å². The minimum absolute atomic E-state index is 0.0499. The standard InChI is InChI=1S/C31H35F2N5O2S/c1-41(2,40)38-16-15-36(14-6-9-29(38)23-7-4-3-5-8-23)31(39)27-21-37(30-13-10-22(18-34)19-35-30)20-26(27)25-12-11-24(32)17-28(25)33/h3-5,7-8,10-13,17,19,26-27,29,40H,6,9,14-16,20-21H2,1-2H3. The second-order valence-corrected chi connectivity index (χ2v) is 14.0. The molecule has 10 heteroatoms. The van der Waals surface area contributed by atoms with Gasteiger partial charge in [-0.2, -0.15) is 5.26 Å². The van der Waals surface area contributed by atoms with Gasteiger partial charge in [-0.15, -0.1) is 0 Å². The molecule has 3 heterocycles. The maximum absolute atomic E-state index is 15.0. The van der Waals surface area contributed by atoms with Crippen LogP contribution in [0.4, 0.5) is 14.6 Å². The molecule has 0 bridgehead atoms. The largest absolute Gasteiger partial charge is 0.355 e. The minimum atomic E-state index is -2.07. The summed E-state index contributed by atoms with van der Waals surface area (Å²) in [6, 6.07) is 19.2. The average Bonchev–Trinajstić information content (AvgIpc) is 3.38. The zero-order chi connectivity index (χ0) is 29.1. The molecule has 2 fully saturated rings. The van der Waals surface area contributed by atoms with Crippen molar-refractivity contribution in [2.75, 3.05) is 50.1 Å². The van der Waals surface area contributed by atoms with Crippen molar-refractivity contribution < 1.29 is 18.1 Å². The van der Waals surface area contributed by atoms with Gasteiger partial charge in [-0.1, -0.05) is 46.9 Å². The van der Waals surface area contributed by atoms with Crippen molar-refractivity contribution in [3.05, 3.63) is 95.2 Å². The van der Waals surface area contributed by atoms with Crippen molar-refractivity contribution in [3.63, 3.8) is 0 Å². The number of halogens is 2. The van der Waals surface area contributed by atoms with Crippen molar-refractivity contribution in [1.82, 2.24) is 14.2 Å². The molecular formula is C31H35F2N5O2S. The Labute approximate surface area is 241 Å². The summed E-state index contributed by atoms with van der Waals surface area (Å²) in [5.41, 5.74) is 1.88. The number of carbonyl (C=O) groups is 1. The number of pyridine rings is 1. The number of rotatable bonds is 5. The number of amides is 1. The van der Waals surface area contributed by atoms with Crippen LogP contribution in [-0.4, -0.2) is 69.9 Å². The molecule has 2 saturated heterocycles. The number of anilines is 1. The summed E-state index contributed by atoms with van der Waals surface area (Å²) in [7, 11) is -2.07. The lowest BCUT2D eigenvalue weighted by atomic mass is 9.87. The lowest BCUT2D eigenvalue weighted by Gasteiger charge is -2.46. The zero-order valence-corrected chi connectivity index (χ0v) is 24.1. The van der Waals surface area contributed by atoms with Crippen LogP contribution in [0.25, 0.3) is 0 Å². The van der Waals surface area contributed by atoms with Crippen molar-refractivity contribution in [1.29, 1.82) is 5.26 Å². The van der Waals surface area contributed by atoms with E-state index in [0.717, 1.165) is 24.5 Å². The molecule has 3 atom stereocenters. The summed E-state index contributed by atoms with van der Waals surface area (Å²) < 4.78 is 42.1. The van der Waals surface area contributed by atoms with E-state index < -0.39 is 34.0 Å². The lowest BCUT2D eigenvalue weighted by molar-refractivity contribution is -0.135. The van der Waals surface area contributed by atoms with Crippen LogP contribution in [0.1, 0.15) is 41.5 Å². The first-order chi connectivity index (χ1) is 19.7. The Balaban J connectivity index is 1.41. The van der Waals surface area contributed by atoms with E-state index in [1.54, 1.807) is 12.1 Å². The Kier molecular flexibility index (Phi) is 8.59. The highest BCUT2D eigenvalue weighted by atomic mass is 32.3. The highest BCUT2D eigenvalue weighted by Gasteiger charge is 2.42. The lowest BCUT2D eigenvalue weighted by Crippen LogP contribution is -2.46. The highest BCUT2D eigenvalue weighted by Crippen LogP contribution is 2.47. The van der Waals surface area contributed by atoms with Crippen LogP contribution in [0.2, 0.25) is 0 Å². The first kappa shape index (κ1) is 29.0. The van der Waals surface area contributed by atoms with E-state index in [0.29, 0.717) is 49.7 Å².